The Hall–Kier alpha value is -3.71. The lowest BCUT2D eigenvalue weighted by Gasteiger charge is -2.10. The predicted molar refractivity (Wildman–Crippen MR) is 116 cm³/mol. The van der Waals surface area contributed by atoms with E-state index in [0.29, 0.717) is 17.9 Å². The molecule has 2 N–H and O–H groups in total. The Labute approximate surface area is 177 Å². The number of benzene rings is 3. The van der Waals surface area contributed by atoms with E-state index >= 15 is 0 Å². The summed E-state index contributed by atoms with van der Waals surface area (Å²) in [5.74, 6) is -0.159. The molecule has 0 spiro atoms. The van der Waals surface area contributed by atoms with Crippen LogP contribution in [0.4, 0.5) is 0 Å². The second-order valence-corrected chi connectivity index (χ2v) is 7.33. The van der Waals surface area contributed by atoms with E-state index in [1.165, 1.54) is 11.3 Å². The van der Waals surface area contributed by atoms with E-state index in [2.05, 4.69) is 15.8 Å². The molecule has 0 aliphatic carbocycles. The van der Waals surface area contributed by atoms with Crippen molar-refractivity contribution in [1.29, 1.82) is 0 Å². The van der Waals surface area contributed by atoms with Crippen LogP contribution in [-0.4, -0.2) is 16.8 Å². The number of carbonyl (C=O) groups is 2. The van der Waals surface area contributed by atoms with E-state index in [4.69, 9.17) is 4.74 Å². The average molecular weight is 417 g/mol. The Morgan fingerprint density at radius 1 is 0.967 bits per heavy atom. The number of nitrogens with one attached hydrogen (secondary N) is 2. The molecule has 0 saturated carbocycles. The summed E-state index contributed by atoms with van der Waals surface area (Å²) in [5, 5.41) is 4.00. The first kappa shape index (κ1) is 19.6. The Bertz CT molecular complexity index is 1170. The van der Waals surface area contributed by atoms with Crippen LogP contribution in [0.3, 0.4) is 0 Å². The van der Waals surface area contributed by atoms with Crippen molar-refractivity contribution >= 4 is 33.9 Å². The van der Waals surface area contributed by atoms with Crippen LogP contribution in [0, 0.1) is 0 Å². The molecule has 0 unspecified atom stereocenters. The average Bonchev–Trinajstić information content (AvgIpc) is 3.30. The summed E-state index contributed by atoms with van der Waals surface area (Å²) in [6, 6.07) is 20.5. The lowest BCUT2D eigenvalue weighted by molar-refractivity contribution is -0.121. The Morgan fingerprint density at radius 2 is 1.80 bits per heavy atom. The predicted octanol–water partition coefficient (Wildman–Crippen LogP) is 3.88. The number of carbonyl (C=O) groups excluding carboxylic acids is 2. The minimum atomic E-state index is -0.416. The second kappa shape index (κ2) is 9.19. The molecular formula is C23H19N3O3S. The highest BCUT2D eigenvalue weighted by Crippen LogP contribution is 2.19. The van der Waals surface area contributed by atoms with Gasteiger partial charge in [-0.3, -0.25) is 20.4 Å². The van der Waals surface area contributed by atoms with Crippen LogP contribution < -0.4 is 15.6 Å². The van der Waals surface area contributed by atoms with E-state index in [0.717, 1.165) is 22.0 Å². The number of amides is 2. The van der Waals surface area contributed by atoms with Gasteiger partial charge in [0.15, 0.2) is 0 Å². The Balaban J connectivity index is 1.34. The molecule has 1 aromatic heterocycles. The Morgan fingerprint density at radius 3 is 2.67 bits per heavy atom. The van der Waals surface area contributed by atoms with Gasteiger partial charge in [-0.05, 0) is 34.5 Å². The van der Waals surface area contributed by atoms with Crippen molar-refractivity contribution < 1.29 is 14.3 Å². The molecule has 150 valence electrons. The largest absolute Gasteiger partial charge is 0.487 e. The fourth-order valence-corrected chi connectivity index (χ4v) is 3.60. The van der Waals surface area contributed by atoms with Gasteiger partial charge in [0.1, 0.15) is 12.4 Å². The van der Waals surface area contributed by atoms with Crippen LogP contribution in [0.1, 0.15) is 21.6 Å². The van der Waals surface area contributed by atoms with Crippen molar-refractivity contribution in [2.45, 2.75) is 13.0 Å². The quantitative estimate of drug-likeness (QED) is 0.467. The van der Waals surface area contributed by atoms with Gasteiger partial charge in [0.2, 0.25) is 5.91 Å². The smallest absolute Gasteiger partial charge is 0.269 e. The molecule has 6 nitrogen and oxygen atoms in total. The van der Waals surface area contributed by atoms with E-state index in [-0.39, 0.29) is 12.3 Å². The van der Waals surface area contributed by atoms with Gasteiger partial charge in [0.25, 0.3) is 5.91 Å². The molecule has 0 atom stereocenters. The lowest BCUT2D eigenvalue weighted by Crippen LogP contribution is -2.42. The summed E-state index contributed by atoms with van der Waals surface area (Å²) in [4.78, 5) is 28.9. The van der Waals surface area contributed by atoms with Crippen LogP contribution in [0.5, 0.6) is 5.75 Å². The monoisotopic (exact) mass is 417 g/mol. The number of rotatable bonds is 6. The second-order valence-electron chi connectivity index (χ2n) is 6.61. The molecular weight excluding hydrogens is 398 g/mol. The third-order valence-electron chi connectivity index (χ3n) is 4.51. The van der Waals surface area contributed by atoms with Gasteiger partial charge >= 0.3 is 0 Å². The zero-order valence-corrected chi connectivity index (χ0v) is 16.8. The highest BCUT2D eigenvalue weighted by Gasteiger charge is 2.11. The third-order valence-corrected chi connectivity index (χ3v) is 5.15. The third kappa shape index (κ3) is 4.82. The summed E-state index contributed by atoms with van der Waals surface area (Å²) in [6.45, 7) is 0.330. The van der Waals surface area contributed by atoms with E-state index in [9.17, 15) is 9.59 Å². The lowest BCUT2D eigenvalue weighted by atomic mass is 10.0. The molecule has 0 fully saturated rings. The fourth-order valence-electron chi connectivity index (χ4n) is 3.06. The molecule has 30 heavy (non-hydrogen) atoms. The number of thiazole rings is 1. The van der Waals surface area contributed by atoms with Crippen LogP contribution in [0.2, 0.25) is 0 Å². The van der Waals surface area contributed by atoms with Gasteiger partial charge in [-0.2, -0.15) is 0 Å². The molecule has 4 aromatic rings. The molecule has 0 saturated heterocycles. The SMILES string of the molecule is O=C(Cc1cccc2ccccc12)NNC(=O)c1cccc(OCc2cscn2)c1. The van der Waals surface area contributed by atoms with E-state index in [1.807, 2.05) is 47.8 Å². The summed E-state index contributed by atoms with van der Waals surface area (Å²) in [6.07, 6.45) is 0.165. The summed E-state index contributed by atoms with van der Waals surface area (Å²) >= 11 is 1.50. The molecule has 7 heteroatoms. The van der Waals surface area contributed by atoms with Gasteiger partial charge in [-0.1, -0.05) is 48.5 Å². The first-order valence-electron chi connectivity index (χ1n) is 9.35. The summed E-state index contributed by atoms with van der Waals surface area (Å²) < 4.78 is 5.66. The number of ether oxygens (including phenoxy) is 1. The number of nitrogens with zero attached hydrogens (tertiary/aromatic N) is 1. The molecule has 2 amide bonds. The topological polar surface area (TPSA) is 80.3 Å². The standard InChI is InChI=1S/C23H19N3O3S/c27-22(12-17-7-3-6-16-5-1-2-10-21(16)17)25-26-23(28)18-8-4-9-20(11-18)29-13-19-14-30-15-24-19/h1-11,14-15H,12-13H2,(H,25,27)(H,26,28). The van der Waals surface area contributed by atoms with Crippen molar-refractivity contribution in [3.05, 3.63) is 94.4 Å². The van der Waals surface area contributed by atoms with Crippen molar-refractivity contribution in [1.82, 2.24) is 15.8 Å². The van der Waals surface area contributed by atoms with Gasteiger partial charge in [-0.15, -0.1) is 11.3 Å². The van der Waals surface area contributed by atoms with Gasteiger partial charge in [-0.25, -0.2) is 4.98 Å². The van der Waals surface area contributed by atoms with E-state index in [1.54, 1.807) is 29.8 Å². The minimum absolute atomic E-state index is 0.165. The van der Waals surface area contributed by atoms with Crippen LogP contribution in [0.15, 0.2) is 77.6 Å². The number of aromatic nitrogens is 1. The summed E-state index contributed by atoms with van der Waals surface area (Å²) in [5.41, 5.74) is 8.79. The minimum Gasteiger partial charge on any atom is -0.487 e. The molecule has 1 heterocycles. The maximum absolute atomic E-state index is 12.4. The maximum atomic E-state index is 12.4. The van der Waals surface area contributed by atoms with Crippen molar-refractivity contribution in [2.75, 3.05) is 0 Å². The van der Waals surface area contributed by atoms with Crippen LogP contribution in [-0.2, 0) is 17.8 Å². The van der Waals surface area contributed by atoms with Gasteiger partial charge in [0.05, 0.1) is 17.6 Å². The normalized spacial score (nSPS) is 10.5. The van der Waals surface area contributed by atoms with Gasteiger partial charge in [0, 0.05) is 10.9 Å². The zero-order valence-electron chi connectivity index (χ0n) is 16.0. The van der Waals surface area contributed by atoms with Gasteiger partial charge < -0.3 is 4.74 Å². The molecule has 4 rings (SSSR count). The van der Waals surface area contributed by atoms with Crippen molar-refractivity contribution in [3.63, 3.8) is 0 Å². The number of hydrogen-bond donors (Lipinski definition) is 2. The first-order valence-corrected chi connectivity index (χ1v) is 10.3. The summed E-state index contributed by atoms with van der Waals surface area (Å²) in [7, 11) is 0. The zero-order chi connectivity index (χ0) is 20.8. The fraction of sp³-hybridized carbons (Fsp3) is 0.0870. The molecule has 0 bridgehead atoms. The number of fused-ring (bicyclic) bond motifs is 1. The van der Waals surface area contributed by atoms with Crippen molar-refractivity contribution in [3.8, 4) is 5.75 Å². The molecule has 0 aliphatic rings. The highest BCUT2D eigenvalue weighted by atomic mass is 32.1. The van der Waals surface area contributed by atoms with Crippen LogP contribution >= 0.6 is 11.3 Å². The highest BCUT2D eigenvalue weighted by molar-refractivity contribution is 7.07. The van der Waals surface area contributed by atoms with E-state index < -0.39 is 5.91 Å². The first-order chi connectivity index (χ1) is 14.7. The Kier molecular flexibility index (Phi) is 6.01. The van der Waals surface area contributed by atoms with Crippen molar-refractivity contribution in [2.24, 2.45) is 0 Å². The number of hydrazine groups is 1. The number of hydrogen-bond acceptors (Lipinski definition) is 5. The molecule has 3 aromatic carbocycles. The maximum Gasteiger partial charge on any atom is 0.269 e. The van der Waals surface area contributed by atoms with Crippen LogP contribution in [0.25, 0.3) is 10.8 Å². The molecule has 0 aliphatic heterocycles. The molecule has 0 radical (unpaired) electrons.